The van der Waals surface area contributed by atoms with Crippen LogP contribution < -0.4 is 11.1 Å². The lowest BCUT2D eigenvalue weighted by Gasteiger charge is -2.09. The van der Waals surface area contributed by atoms with Crippen LogP contribution in [0.5, 0.6) is 0 Å². The monoisotopic (exact) mass is 297 g/mol. The number of amides is 2. The van der Waals surface area contributed by atoms with Gasteiger partial charge in [-0.25, -0.2) is 0 Å². The SMILES string of the molecule is CCc1cnccc1C(=O)NCCc1cccc(C(N)=O)c1. The maximum absolute atomic E-state index is 12.2. The summed E-state index contributed by atoms with van der Waals surface area (Å²) in [5.41, 5.74) is 8.27. The quantitative estimate of drug-likeness (QED) is 0.851. The van der Waals surface area contributed by atoms with E-state index < -0.39 is 5.91 Å². The largest absolute Gasteiger partial charge is 0.366 e. The van der Waals surface area contributed by atoms with E-state index in [1.54, 1.807) is 36.7 Å². The van der Waals surface area contributed by atoms with Gasteiger partial charge in [0.1, 0.15) is 0 Å². The Labute approximate surface area is 129 Å². The van der Waals surface area contributed by atoms with Crippen LogP contribution in [-0.4, -0.2) is 23.3 Å². The Morgan fingerprint density at radius 1 is 1.27 bits per heavy atom. The number of nitrogens with zero attached hydrogens (tertiary/aromatic N) is 1. The highest BCUT2D eigenvalue weighted by Crippen LogP contribution is 2.08. The standard InChI is InChI=1S/C17H19N3O2/c1-2-13-11-19-8-7-15(13)17(22)20-9-6-12-4-3-5-14(10-12)16(18)21/h3-5,7-8,10-11H,2,6,9H2,1H3,(H2,18,21)(H,20,22). The molecule has 5 heteroatoms. The first-order valence-electron chi connectivity index (χ1n) is 7.21. The number of carbonyl (C=O) groups is 2. The zero-order valence-electron chi connectivity index (χ0n) is 12.5. The second kappa shape index (κ2) is 7.36. The Bertz CT molecular complexity index is 683. The molecular weight excluding hydrogens is 278 g/mol. The summed E-state index contributed by atoms with van der Waals surface area (Å²) in [6.45, 7) is 2.48. The molecule has 0 radical (unpaired) electrons. The van der Waals surface area contributed by atoms with E-state index in [-0.39, 0.29) is 5.91 Å². The first-order valence-corrected chi connectivity index (χ1v) is 7.21. The zero-order valence-corrected chi connectivity index (χ0v) is 12.5. The third-order valence-electron chi connectivity index (χ3n) is 3.44. The van der Waals surface area contributed by atoms with E-state index in [0.29, 0.717) is 24.1 Å². The lowest BCUT2D eigenvalue weighted by atomic mass is 10.1. The van der Waals surface area contributed by atoms with Crippen LogP contribution in [-0.2, 0) is 12.8 Å². The van der Waals surface area contributed by atoms with Crippen molar-refractivity contribution >= 4 is 11.8 Å². The number of aryl methyl sites for hydroxylation is 1. The number of aromatic nitrogens is 1. The normalized spacial score (nSPS) is 10.2. The van der Waals surface area contributed by atoms with Crippen LogP contribution in [0.2, 0.25) is 0 Å². The van der Waals surface area contributed by atoms with Gasteiger partial charge < -0.3 is 11.1 Å². The lowest BCUT2D eigenvalue weighted by molar-refractivity contribution is 0.0951. The van der Waals surface area contributed by atoms with Crippen LogP contribution in [0, 0.1) is 0 Å². The molecule has 0 saturated heterocycles. The number of hydrogen-bond acceptors (Lipinski definition) is 3. The topological polar surface area (TPSA) is 85.1 Å². The Kier molecular flexibility index (Phi) is 5.25. The summed E-state index contributed by atoms with van der Waals surface area (Å²) < 4.78 is 0. The highest BCUT2D eigenvalue weighted by molar-refractivity contribution is 5.95. The maximum atomic E-state index is 12.2. The number of primary amides is 1. The van der Waals surface area contributed by atoms with Crippen LogP contribution in [0.1, 0.15) is 38.8 Å². The Hall–Kier alpha value is -2.69. The second-order valence-corrected chi connectivity index (χ2v) is 4.96. The molecule has 114 valence electrons. The first kappa shape index (κ1) is 15.7. The fourth-order valence-electron chi connectivity index (χ4n) is 2.23. The van der Waals surface area contributed by atoms with Crippen LogP contribution in [0.25, 0.3) is 0 Å². The Balaban J connectivity index is 1.95. The minimum absolute atomic E-state index is 0.106. The summed E-state index contributed by atoms with van der Waals surface area (Å²) >= 11 is 0. The van der Waals surface area contributed by atoms with Crippen molar-refractivity contribution < 1.29 is 9.59 Å². The molecule has 0 unspecified atom stereocenters. The van der Waals surface area contributed by atoms with Gasteiger partial charge in [-0.15, -0.1) is 0 Å². The molecule has 2 aromatic rings. The fraction of sp³-hybridized carbons (Fsp3) is 0.235. The summed E-state index contributed by atoms with van der Waals surface area (Å²) in [6.07, 6.45) is 4.73. The van der Waals surface area contributed by atoms with E-state index in [1.807, 2.05) is 13.0 Å². The van der Waals surface area contributed by atoms with Crippen molar-refractivity contribution in [1.82, 2.24) is 10.3 Å². The molecule has 0 saturated carbocycles. The molecule has 0 aliphatic heterocycles. The van der Waals surface area contributed by atoms with Crippen LogP contribution in [0.3, 0.4) is 0 Å². The third kappa shape index (κ3) is 3.91. The van der Waals surface area contributed by atoms with Gasteiger partial charge in [-0.3, -0.25) is 14.6 Å². The van der Waals surface area contributed by atoms with Crippen molar-refractivity contribution in [2.45, 2.75) is 19.8 Å². The second-order valence-electron chi connectivity index (χ2n) is 4.96. The molecule has 2 amide bonds. The van der Waals surface area contributed by atoms with Gasteiger partial charge in [-0.2, -0.15) is 0 Å². The van der Waals surface area contributed by atoms with Gasteiger partial charge in [0.15, 0.2) is 0 Å². The van der Waals surface area contributed by atoms with Gasteiger partial charge in [0.05, 0.1) is 0 Å². The van der Waals surface area contributed by atoms with Gasteiger partial charge in [-0.05, 0) is 42.2 Å². The van der Waals surface area contributed by atoms with Crippen molar-refractivity contribution in [2.24, 2.45) is 5.73 Å². The first-order chi connectivity index (χ1) is 10.6. The van der Waals surface area contributed by atoms with Crippen molar-refractivity contribution in [3.8, 4) is 0 Å². The number of pyridine rings is 1. The molecule has 3 N–H and O–H groups in total. The van der Waals surface area contributed by atoms with E-state index in [9.17, 15) is 9.59 Å². The summed E-state index contributed by atoms with van der Waals surface area (Å²) in [5, 5.41) is 2.89. The van der Waals surface area contributed by atoms with Crippen molar-refractivity contribution in [1.29, 1.82) is 0 Å². The Morgan fingerprint density at radius 2 is 2.09 bits per heavy atom. The van der Waals surface area contributed by atoms with E-state index in [0.717, 1.165) is 17.5 Å². The predicted octanol–water partition coefficient (Wildman–Crippen LogP) is 1.72. The van der Waals surface area contributed by atoms with Crippen molar-refractivity contribution in [3.05, 3.63) is 65.0 Å². The molecule has 1 aromatic carbocycles. The highest BCUT2D eigenvalue weighted by Gasteiger charge is 2.09. The number of nitrogens with one attached hydrogen (secondary N) is 1. The molecular formula is C17H19N3O2. The van der Waals surface area contributed by atoms with E-state index in [4.69, 9.17) is 5.73 Å². The van der Waals surface area contributed by atoms with Gasteiger partial charge in [0.25, 0.3) is 5.91 Å². The number of carbonyl (C=O) groups excluding carboxylic acids is 2. The Morgan fingerprint density at radius 3 is 2.82 bits per heavy atom. The molecule has 0 aliphatic rings. The van der Waals surface area contributed by atoms with E-state index >= 15 is 0 Å². The number of benzene rings is 1. The van der Waals surface area contributed by atoms with E-state index in [2.05, 4.69) is 10.3 Å². The molecule has 0 bridgehead atoms. The van der Waals surface area contributed by atoms with Crippen LogP contribution in [0.4, 0.5) is 0 Å². The lowest BCUT2D eigenvalue weighted by Crippen LogP contribution is -2.26. The molecule has 0 atom stereocenters. The minimum Gasteiger partial charge on any atom is -0.366 e. The summed E-state index contributed by atoms with van der Waals surface area (Å²) in [7, 11) is 0. The zero-order chi connectivity index (χ0) is 15.9. The number of hydrogen-bond donors (Lipinski definition) is 2. The van der Waals surface area contributed by atoms with Crippen LogP contribution >= 0.6 is 0 Å². The molecule has 2 rings (SSSR count). The average Bonchev–Trinajstić information content (AvgIpc) is 2.55. The van der Waals surface area contributed by atoms with Crippen molar-refractivity contribution in [3.63, 3.8) is 0 Å². The molecule has 0 spiro atoms. The van der Waals surface area contributed by atoms with Crippen LogP contribution in [0.15, 0.2) is 42.7 Å². The highest BCUT2D eigenvalue weighted by atomic mass is 16.2. The molecule has 5 nitrogen and oxygen atoms in total. The summed E-state index contributed by atoms with van der Waals surface area (Å²) in [6, 6.07) is 8.84. The summed E-state index contributed by atoms with van der Waals surface area (Å²) in [4.78, 5) is 27.3. The smallest absolute Gasteiger partial charge is 0.251 e. The average molecular weight is 297 g/mol. The van der Waals surface area contributed by atoms with Crippen molar-refractivity contribution in [2.75, 3.05) is 6.54 Å². The fourth-order valence-corrected chi connectivity index (χ4v) is 2.23. The van der Waals surface area contributed by atoms with Gasteiger partial charge in [0, 0.05) is 30.1 Å². The molecule has 0 aliphatic carbocycles. The maximum Gasteiger partial charge on any atom is 0.251 e. The summed E-state index contributed by atoms with van der Waals surface area (Å²) in [5.74, 6) is -0.555. The minimum atomic E-state index is -0.449. The molecule has 22 heavy (non-hydrogen) atoms. The van der Waals surface area contributed by atoms with Gasteiger partial charge >= 0.3 is 0 Å². The van der Waals surface area contributed by atoms with E-state index in [1.165, 1.54) is 0 Å². The predicted molar refractivity (Wildman–Crippen MR) is 84.6 cm³/mol. The van der Waals surface area contributed by atoms with Gasteiger partial charge in [-0.1, -0.05) is 19.1 Å². The third-order valence-corrected chi connectivity index (χ3v) is 3.44. The molecule has 1 aromatic heterocycles. The van der Waals surface area contributed by atoms with Gasteiger partial charge in [0.2, 0.25) is 5.91 Å². The number of nitrogens with two attached hydrogens (primary N) is 1. The molecule has 1 heterocycles. The molecule has 0 fully saturated rings. The number of rotatable bonds is 6.